The first-order valence-electron chi connectivity index (χ1n) is 12.3. The van der Waals surface area contributed by atoms with Gasteiger partial charge in [-0.05, 0) is 55.5 Å². The van der Waals surface area contributed by atoms with E-state index in [0.717, 1.165) is 11.3 Å². The first kappa shape index (κ1) is 25.8. The molecule has 36 heavy (non-hydrogen) atoms. The molecule has 1 aliphatic heterocycles. The van der Waals surface area contributed by atoms with Crippen LogP contribution in [0.3, 0.4) is 0 Å². The molecule has 4 rings (SSSR count). The minimum Gasteiger partial charge on any atom is -0.481 e. The summed E-state index contributed by atoms with van der Waals surface area (Å²) < 4.78 is 25.7. The number of ether oxygens (including phenoxy) is 1. The fourth-order valence-electron chi connectivity index (χ4n) is 4.54. The van der Waals surface area contributed by atoms with E-state index in [1.54, 1.807) is 12.1 Å². The van der Waals surface area contributed by atoms with Gasteiger partial charge in [-0.15, -0.1) is 0 Å². The lowest BCUT2D eigenvalue weighted by Gasteiger charge is -2.29. The molecule has 0 saturated carbocycles. The Bertz CT molecular complexity index is 1180. The number of rotatable bonds is 13. The SMILES string of the molecule is Cc1ccccc1NC(C(=O)C(OCCCCCC(=O)O)[C@@H]1C[C@H](F)CN1)c1ccc2ncoc2c1. The Hall–Kier alpha value is -3.30. The van der Waals surface area contributed by atoms with E-state index in [-0.39, 0.29) is 31.8 Å². The lowest BCUT2D eigenvalue weighted by Crippen LogP contribution is -2.46. The van der Waals surface area contributed by atoms with Crippen LogP contribution in [0.25, 0.3) is 11.1 Å². The summed E-state index contributed by atoms with van der Waals surface area (Å²) in [5, 5.41) is 15.3. The maximum Gasteiger partial charge on any atom is 0.303 e. The summed E-state index contributed by atoms with van der Waals surface area (Å²) in [6, 6.07) is 11.9. The normalized spacial score (nSPS) is 19.3. The molecule has 0 radical (unpaired) electrons. The average Bonchev–Trinajstić information content (AvgIpc) is 3.51. The van der Waals surface area contributed by atoms with Crippen molar-refractivity contribution >= 4 is 28.5 Å². The molecule has 3 N–H and O–H groups in total. The van der Waals surface area contributed by atoms with Crippen molar-refractivity contribution in [2.24, 2.45) is 0 Å². The number of hydrogen-bond donors (Lipinski definition) is 3. The number of nitrogens with zero attached hydrogens (tertiary/aromatic N) is 1. The number of halogens is 1. The number of carboxylic acid groups (broad SMARTS) is 1. The highest BCUT2D eigenvalue weighted by Gasteiger charge is 2.39. The molecule has 2 unspecified atom stereocenters. The molecule has 0 aliphatic carbocycles. The van der Waals surface area contributed by atoms with Gasteiger partial charge in [0.1, 0.15) is 23.8 Å². The zero-order valence-corrected chi connectivity index (χ0v) is 20.3. The van der Waals surface area contributed by atoms with Crippen LogP contribution in [0.15, 0.2) is 53.3 Å². The lowest BCUT2D eigenvalue weighted by atomic mass is 9.93. The number of aromatic nitrogens is 1. The van der Waals surface area contributed by atoms with Gasteiger partial charge in [0.25, 0.3) is 0 Å². The summed E-state index contributed by atoms with van der Waals surface area (Å²) in [6.07, 6.45) is 1.55. The molecule has 3 aromatic rings. The van der Waals surface area contributed by atoms with Gasteiger partial charge in [-0.1, -0.05) is 30.7 Å². The van der Waals surface area contributed by atoms with Gasteiger partial charge < -0.3 is 24.9 Å². The maximum atomic E-state index is 14.1. The number of aryl methyl sites for hydroxylation is 1. The molecule has 192 valence electrons. The van der Waals surface area contributed by atoms with E-state index in [1.807, 2.05) is 37.3 Å². The van der Waals surface area contributed by atoms with E-state index in [2.05, 4.69) is 15.6 Å². The number of hydrogen-bond acceptors (Lipinski definition) is 7. The predicted octanol–water partition coefficient (Wildman–Crippen LogP) is 4.59. The molecule has 0 bridgehead atoms. The number of Topliss-reactive ketones (excluding diaryl/α,β-unsaturated/α-hetero) is 1. The highest BCUT2D eigenvalue weighted by atomic mass is 19.1. The van der Waals surface area contributed by atoms with E-state index in [1.165, 1.54) is 6.39 Å². The van der Waals surface area contributed by atoms with Gasteiger partial charge in [0.15, 0.2) is 17.8 Å². The predicted molar refractivity (Wildman–Crippen MR) is 134 cm³/mol. The molecule has 1 aromatic heterocycles. The Morgan fingerprint density at radius 1 is 1.25 bits per heavy atom. The quantitative estimate of drug-likeness (QED) is 0.294. The van der Waals surface area contributed by atoms with Crippen molar-refractivity contribution < 1.29 is 28.2 Å². The first-order chi connectivity index (χ1) is 17.4. The summed E-state index contributed by atoms with van der Waals surface area (Å²) in [7, 11) is 0. The largest absolute Gasteiger partial charge is 0.481 e. The number of anilines is 1. The van der Waals surface area contributed by atoms with Crippen molar-refractivity contribution in [2.45, 2.75) is 63.4 Å². The average molecular weight is 498 g/mol. The van der Waals surface area contributed by atoms with Crippen molar-refractivity contribution in [1.29, 1.82) is 0 Å². The zero-order valence-electron chi connectivity index (χ0n) is 20.3. The van der Waals surface area contributed by atoms with Crippen LogP contribution in [0.5, 0.6) is 0 Å². The highest BCUT2D eigenvalue weighted by Crippen LogP contribution is 2.29. The number of para-hydroxylation sites is 1. The lowest BCUT2D eigenvalue weighted by molar-refractivity contribution is -0.137. The van der Waals surface area contributed by atoms with Gasteiger partial charge in [0.05, 0.1) is 0 Å². The molecule has 2 aromatic carbocycles. The molecular weight excluding hydrogens is 465 g/mol. The number of ketones is 1. The second-order valence-corrected chi connectivity index (χ2v) is 9.22. The van der Waals surface area contributed by atoms with E-state index < -0.39 is 30.3 Å². The number of carboxylic acids is 1. The van der Waals surface area contributed by atoms with Crippen molar-refractivity contribution in [1.82, 2.24) is 10.3 Å². The standard InChI is InChI=1S/C27H32FN3O5/c1-17-7-4-5-8-20(17)31-25(18-10-11-21-23(13-18)36-16-30-21)26(34)27(22-14-19(28)15-29-22)35-12-6-2-3-9-24(32)33/h4-5,7-8,10-11,13,16,19,22,25,27,29,31H,2-3,6,9,12,14-15H2,1H3,(H,32,33)/t19-,22-,25?,27?/m0/s1. The molecule has 2 heterocycles. The number of carbonyl (C=O) groups is 2. The number of nitrogens with one attached hydrogen (secondary N) is 2. The van der Waals surface area contributed by atoms with E-state index >= 15 is 0 Å². The highest BCUT2D eigenvalue weighted by molar-refractivity contribution is 5.93. The molecule has 1 aliphatic rings. The molecule has 1 fully saturated rings. The van der Waals surface area contributed by atoms with Gasteiger partial charge >= 0.3 is 5.97 Å². The smallest absolute Gasteiger partial charge is 0.303 e. The topological polar surface area (TPSA) is 114 Å². The van der Waals surface area contributed by atoms with Gasteiger partial charge in [-0.2, -0.15) is 0 Å². The third kappa shape index (κ3) is 6.47. The summed E-state index contributed by atoms with van der Waals surface area (Å²) >= 11 is 0. The van der Waals surface area contributed by atoms with Crippen LogP contribution in [0.1, 0.15) is 49.3 Å². The molecule has 0 spiro atoms. The van der Waals surface area contributed by atoms with Crippen molar-refractivity contribution in [2.75, 3.05) is 18.5 Å². The second-order valence-electron chi connectivity index (χ2n) is 9.22. The first-order valence-corrected chi connectivity index (χ1v) is 12.3. The van der Waals surface area contributed by atoms with Crippen LogP contribution in [0, 0.1) is 6.92 Å². The van der Waals surface area contributed by atoms with Crippen LogP contribution in [-0.2, 0) is 14.3 Å². The van der Waals surface area contributed by atoms with Gasteiger partial charge in [0, 0.05) is 31.3 Å². The summed E-state index contributed by atoms with van der Waals surface area (Å²) in [6.45, 7) is 2.42. The monoisotopic (exact) mass is 497 g/mol. The molecular formula is C27H32FN3O5. The van der Waals surface area contributed by atoms with Crippen molar-refractivity contribution in [3.8, 4) is 0 Å². The minimum absolute atomic E-state index is 0.0998. The number of fused-ring (bicyclic) bond motifs is 1. The van der Waals surface area contributed by atoms with E-state index in [4.69, 9.17) is 14.3 Å². The van der Waals surface area contributed by atoms with Crippen LogP contribution < -0.4 is 10.6 Å². The van der Waals surface area contributed by atoms with E-state index in [0.29, 0.717) is 35.9 Å². The van der Waals surface area contributed by atoms with Crippen molar-refractivity contribution in [3.63, 3.8) is 0 Å². The Morgan fingerprint density at radius 3 is 2.83 bits per heavy atom. The van der Waals surface area contributed by atoms with Gasteiger partial charge in [-0.3, -0.25) is 9.59 Å². The molecule has 0 amide bonds. The number of oxazole rings is 1. The Kier molecular flexibility index (Phi) is 8.66. The van der Waals surface area contributed by atoms with Crippen molar-refractivity contribution in [3.05, 3.63) is 60.0 Å². The minimum atomic E-state index is -1.04. The summed E-state index contributed by atoms with van der Waals surface area (Å²) in [4.78, 5) is 29.0. The Morgan fingerprint density at radius 2 is 2.08 bits per heavy atom. The van der Waals surface area contributed by atoms with Crippen LogP contribution in [0.4, 0.5) is 10.1 Å². The summed E-state index contributed by atoms with van der Waals surface area (Å²) in [5.74, 6) is -1.05. The van der Waals surface area contributed by atoms with Crippen LogP contribution in [-0.4, -0.2) is 53.3 Å². The maximum absolute atomic E-state index is 14.1. The van der Waals surface area contributed by atoms with Crippen LogP contribution in [0.2, 0.25) is 0 Å². The Labute approximate surface area is 209 Å². The van der Waals surface area contributed by atoms with Crippen LogP contribution >= 0.6 is 0 Å². The Balaban J connectivity index is 1.58. The fraction of sp³-hybridized carbons (Fsp3) is 0.444. The number of aliphatic carboxylic acids is 1. The number of alkyl halides is 1. The number of benzene rings is 2. The summed E-state index contributed by atoms with van der Waals surface area (Å²) in [5.41, 5.74) is 3.74. The second kappa shape index (κ2) is 12.1. The third-order valence-corrected chi connectivity index (χ3v) is 6.51. The van der Waals surface area contributed by atoms with E-state index in [9.17, 15) is 14.0 Å². The molecule has 8 nitrogen and oxygen atoms in total. The van der Waals surface area contributed by atoms with Gasteiger partial charge in [0.2, 0.25) is 0 Å². The zero-order chi connectivity index (χ0) is 25.5. The number of carbonyl (C=O) groups excluding carboxylic acids is 1. The van der Waals surface area contributed by atoms with Gasteiger partial charge in [-0.25, -0.2) is 9.37 Å². The fourth-order valence-corrected chi connectivity index (χ4v) is 4.54. The third-order valence-electron chi connectivity index (χ3n) is 6.51. The molecule has 1 saturated heterocycles. The number of unbranched alkanes of at least 4 members (excludes halogenated alkanes) is 2. The molecule has 4 atom stereocenters. The molecule has 9 heteroatoms.